The first kappa shape index (κ1) is 33.3. The number of carbonyl (C=O) groups excluding carboxylic acids is 3. The summed E-state index contributed by atoms with van der Waals surface area (Å²) in [6, 6.07) is 22.9. The van der Waals surface area contributed by atoms with Crippen LogP contribution in [-0.2, 0) is 22.4 Å². The largest absolute Gasteiger partial charge is 0.321 e. The van der Waals surface area contributed by atoms with Crippen molar-refractivity contribution in [1.29, 1.82) is 5.26 Å². The Morgan fingerprint density at radius 3 is 2.57 bits per heavy atom. The van der Waals surface area contributed by atoms with E-state index in [4.69, 9.17) is 23.2 Å². The van der Waals surface area contributed by atoms with Crippen LogP contribution in [0.5, 0.6) is 0 Å². The number of rotatable bonds is 9. The molecule has 5 rings (SSSR count). The first-order valence-electron chi connectivity index (χ1n) is 14.6. The molecular weight excluding hydrogens is 659 g/mol. The molecule has 4 aromatic rings. The van der Waals surface area contributed by atoms with Gasteiger partial charge < -0.3 is 16.0 Å². The number of thioether (sulfide) groups is 1. The lowest BCUT2D eigenvalue weighted by atomic mass is 9.89. The third kappa shape index (κ3) is 8.01. The lowest BCUT2D eigenvalue weighted by Crippen LogP contribution is -2.30. The molecule has 46 heavy (non-hydrogen) atoms. The van der Waals surface area contributed by atoms with E-state index in [1.165, 1.54) is 34.1 Å². The quantitative estimate of drug-likeness (QED) is 0.120. The van der Waals surface area contributed by atoms with Crippen molar-refractivity contribution in [3.8, 4) is 6.07 Å². The summed E-state index contributed by atoms with van der Waals surface area (Å²) < 4.78 is 0. The van der Waals surface area contributed by atoms with Crippen molar-refractivity contribution >= 4 is 80.8 Å². The molecule has 3 N–H and O–H groups in total. The monoisotopic (exact) mass is 688 g/mol. The summed E-state index contributed by atoms with van der Waals surface area (Å²) in [5, 5.41) is 19.0. The number of amides is 3. The Hall–Kier alpha value is -4.07. The van der Waals surface area contributed by atoms with E-state index >= 15 is 0 Å². The van der Waals surface area contributed by atoms with Gasteiger partial charge in [0.2, 0.25) is 5.91 Å². The fourth-order valence-electron chi connectivity index (χ4n) is 5.00. The van der Waals surface area contributed by atoms with Crippen molar-refractivity contribution in [3.05, 3.63) is 116 Å². The normalized spacial score (nSPS) is 14.8. The zero-order valence-electron chi connectivity index (χ0n) is 25.0. The minimum absolute atomic E-state index is 0.0369. The molecule has 0 aliphatic heterocycles. The third-order valence-corrected chi connectivity index (χ3v) is 10.5. The van der Waals surface area contributed by atoms with E-state index in [1.54, 1.807) is 73.7 Å². The molecule has 0 bridgehead atoms. The number of nitrogens with one attached hydrogen (secondary N) is 3. The Morgan fingerprint density at radius 2 is 1.80 bits per heavy atom. The van der Waals surface area contributed by atoms with E-state index in [0.29, 0.717) is 38.3 Å². The van der Waals surface area contributed by atoms with Crippen molar-refractivity contribution < 1.29 is 14.4 Å². The third-order valence-electron chi connectivity index (χ3n) is 7.44. The molecule has 1 aliphatic rings. The Bertz CT molecular complexity index is 1870. The van der Waals surface area contributed by atoms with Gasteiger partial charge in [-0.25, -0.2) is 0 Å². The van der Waals surface area contributed by atoms with Crippen molar-refractivity contribution in [2.24, 2.45) is 5.92 Å². The first-order valence-corrected chi connectivity index (χ1v) is 17.0. The van der Waals surface area contributed by atoms with Crippen LogP contribution < -0.4 is 16.0 Å². The molecule has 2 atom stereocenters. The summed E-state index contributed by atoms with van der Waals surface area (Å²) in [7, 11) is 0. The van der Waals surface area contributed by atoms with Crippen LogP contribution in [0.3, 0.4) is 0 Å². The number of thiophene rings is 1. The highest BCUT2D eigenvalue weighted by Crippen LogP contribution is 2.39. The van der Waals surface area contributed by atoms with Gasteiger partial charge in [0.1, 0.15) is 16.8 Å². The smallest absolute Gasteiger partial charge is 0.272 e. The zero-order valence-corrected chi connectivity index (χ0v) is 28.2. The molecule has 1 aliphatic carbocycles. The Labute approximate surface area is 286 Å². The van der Waals surface area contributed by atoms with Gasteiger partial charge in [-0.2, -0.15) is 5.26 Å². The summed E-state index contributed by atoms with van der Waals surface area (Å²) in [5.41, 5.74) is 2.90. The van der Waals surface area contributed by atoms with Gasteiger partial charge in [-0.1, -0.05) is 66.5 Å². The highest BCUT2D eigenvalue weighted by atomic mass is 35.5. The topological polar surface area (TPSA) is 111 Å². The minimum Gasteiger partial charge on any atom is -0.321 e. The van der Waals surface area contributed by atoms with Crippen LogP contribution in [0.25, 0.3) is 6.08 Å². The molecule has 3 amide bonds. The molecule has 1 aromatic heterocycles. The lowest BCUT2D eigenvalue weighted by molar-refractivity contribution is -0.115. The summed E-state index contributed by atoms with van der Waals surface area (Å²) in [5.74, 6) is -0.696. The summed E-state index contributed by atoms with van der Waals surface area (Å²) in [4.78, 5) is 41.6. The maximum Gasteiger partial charge on any atom is 0.272 e. The van der Waals surface area contributed by atoms with Gasteiger partial charge in [-0.05, 0) is 85.7 Å². The van der Waals surface area contributed by atoms with Gasteiger partial charge in [-0.15, -0.1) is 23.1 Å². The van der Waals surface area contributed by atoms with Crippen LogP contribution in [-0.4, -0.2) is 23.0 Å². The van der Waals surface area contributed by atoms with Crippen molar-refractivity contribution in [3.63, 3.8) is 0 Å². The molecule has 0 radical (unpaired) electrons. The highest BCUT2D eigenvalue weighted by Gasteiger charge is 2.26. The van der Waals surface area contributed by atoms with E-state index in [9.17, 15) is 19.6 Å². The molecule has 0 spiro atoms. The highest BCUT2D eigenvalue weighted by molar-refractivity contribution is 8.00. The number of hydrogen-bond acceptors (Lipinski definition) is 6. The standard InChI is InChI=1S/C35H30Cl2N4O3S2/c1-20-14-15-26-27(19-38)35(46-30(26)16-20)41-32(42)21(2)45-25-12-7-11-24(18-25)39-34(44)29(17-23-10-6-13-28(36)31(23)37)40-33(43)22-8-4-3-5-9-22/h3-13,17-18,20-21H,14-16H2,1-2H3,(H,39,44)(H,40,43)(H,41,42)/b29-17+. The first-order chi connectivity index (χ1) is 22.1. The van der Waals surface area contributed by atoms with Crippen LogP contribution >= 0.6 is 46.3 Å². The van der Waals surface area contributed by atoms with Crippen LogP contribution in [0, 0.1) is 17.2 Å². The molecular formula is C35H30Cl2N4O3S2. The maximum atomic E-state index is 13.5. The number of fused-ring (bicyclic) bond motifs is 1. The Kier molecular flexibility index (Phi) is 10.9. The second kappa shape index (κ2) is 15.0. The fourth-order valence-corrected chi connectivity index (χ4v) is 7.66. The zero-order chi connectivity index (χ0) is 32.8. The second-order valence-electron chi connectivity index (χ2n) is 10.9. The fraction of sp³-hybridized carbons (Fsp3) is 0.200. The molecule has 7 nitrogen and oxygen atoms in total. The second-order valence-corrected chi connectivity index (χ2v) is 14.2. The number of anilines is 2. The van der Waals surface area contributed by atoms with Gasteiger partial charge in [-0.3, -0.25) is 14.4 Å². The van der Waals surface area contributed by atoms with Crippen LogP contribution in [0.15, 0.2) is 83.4 Å². The molecule has 1 heterocycles. The van der Waals surface area contributed by atoms with Crippen LogP contribution in [0.2, 0.25) is 10.0 Å². The van der Waals surface area contributed by atoms with Crippen LogP contribution in [0.1, 0.15) is 52.2 Å². The predicted molar refractivity (Wildman–Crippen MR) is 188 cm³/mol. The lowest BCUT2D eigenvalue weighted by Gasteiger charge is -2.17. The van der Waals surface area contributed by atoms with E-state index < -0.39 is 17.1 Å². The molecule has 3 aromatic carbocycles. The predicted octanol–water partition coefficient (Wildman–Crippen LogP) is 8.58. The summed E-state index contributed by atoms with van der Waals surface area (Å²) in [6.07, 6.45) is 4.28. The maximum absolute atomic E-state index is 13.5. The average molecular weight is 690 g/mol. The average Bonchev–Trinajstić information content (AvgIpc) is 3.38. The molecule has 2 unspecified atom stereocenters. The number of halogens is 2. The van der Waals surface area contributed by atoms with Crippen molar-refractivity contribution in [2.75, 3.05) is 10.6 Å². The Balaban J connectivity index is 1.30. The van der Waals surface area contributed by atoms with E-state index in [0.717, 1.165) is 29.7 Å². The number of nitrogens with zero attached hydrogens (tertiary/aromatic N) is 1. The summed E-state index contributed by atoms with van der Waals surface area (Å²) in [6.45, 7) is 4.00. The van der Waals surface area contributed by atoms with Gasteiger partial charge >= 0.3 is 0 Å². The van der Waals surface area contributed by atoms with Gasteiger partial charge in [0.25, 0.3) is 11.8 Å². The Morgan fingerprint density at radius 1 is 1.04 bits per heavy atom. The molecule has 234 valence electrons. The minimum atomic E-state index is -0.576. The van der Waals surface area contributed by atoms with Gasteiger partial charge in [0, 0.05) is 21.0 Å². The number of benzene rings is 3. The number of hydrogen-bond donors (Lipinski definition) is 3. The van der Waals surface area contributed by atoms with Gasteiger partial charge in [0.05, 0.1) is 20.9 Å². The summed E-state index contributed by atoms with van der Waals surface area (Å²) >= 11 is 15.4. The molecule has 0 saturated heterocycles. The van der Waals surface area contributed by atoms with Crippen LogP contribution in [0.4, 0.5) is 10.7 Å². The van der Waals surface area contributed by atoms with Gasteiger partial charge in [0.15, 0.2) is 0 Å². The van der Waals surface area contributed by atoms with Crippen molar-refractivity contribution in [2.45, 2.75) is 43.3 Å². The molecule has 11 heteroatoms. The molecule has 0 saturated carbocycles. The number of nitriles is 1. The van der Waals surface area contributed by atoms with E-state index in [1.807, 2.05) is 6.07 Å². The molecule has 0 fully saturated rings. The van der Waals surface area contributed by atoms with E-state index in [-0.39, 0.29) is 16.6 Å². The number of carbonyl (C=O) groups is 3. The SMILES string of the molecule is CC1CCc2c(sc(NC(=O)C(C)Sc3cccc(NC(=O)/C(=C\c4cccc(Cl)c4Cl)NC(=O)c4ccccc4)c3)c2C#N)C1. The van der Waals surface area contributed by atoms with Crippen molar-refractivity contribution in [1.82, 2.24) is 5.32 Å². The van der Waals surface area contributed by atoms with E-state index in [2.05, 4.69) is 28.9 Å².